The molecule has 5 nitrogen and oxygen atoms in total. The van der Waals surface area contributed by atoms with Gasteiger partial charge < -0.3 is 21.1 Å². The Morgan fingerprint density at radius 3 is 2.67 bits per heavy atom. The van der Waals surface area contributed by atoms with Crippen LogP contribution < -0.4 is 5.73 Å². The molecule has 0 radical (unpaired) electrons. The molecule has 3 aliphatic carbocycles. The molecule has 132 valence electrons. The molecule has 0 heterocycles. The summed E-state index contributed by atoms with van der Waals surface area (Å²) in [5.41, 5.74) is 7.02. The lowest BCUT2D eigenvalue weighted by Gasteiger charge is -2.50. The first-order chi connectivity index (χ1) is 11.3. The largest absolute Gasteiger partial charge is 0.508 e. The SMILES string of the molecule is C[C@]12CC[C@@H]3c4ccc(O)cc4CC[C@H]3[C@@H]1CCC2O.NC(=O)O. The van der Waals surface area contributed by atoms with Crippen molar-refractivity contribution < 1.29 is 20.1 Å². The Labute approximate surface area is 142 Å². The van der Waals surface area contributed by atoms with E-state index in [1.54, 1.807) is 0 Å². The number of aryl methyl sites for hydroxylation is 1. The van der Waals surface area contributed by atoms with Crippen molar-refractivity contribution in [2.75, 3.05) is 0 Å². The lowest BCUT2D eigenvalue weighted by Crippen LogP contribution is -2.43. The molecule has 1 aromatic rings. The van der Waals surface area contributed by atoms with Crippen LogP contribution in [0.1, 0.15) is 56.1 Å². The van der Waals surface area contributed by atoms with E-state index in [4.69, 9.17) is 9.90 Å². The van der Waals surface area contributed by atoms with Gasteiger partial charge in [0.15, 0.2) is 0 Å². The van der Waals surface area contributed by atoms with Gasteiger partial charge in [-0.05, 0) is 85.0 Å². The van der Waals surface area contributed by atoms with Crippen molar-refractivity contribution in [2.45, 2.75) is 57.5 Å². The molecule has 3 aliphatic rings. The maximum Gasteiger partial charge on any atom is 0.402 e. The smallest absolute Gasteiger partial charge is 0.402 e. The molecule has 2 fully saturated rings. The monoisotopic (exact) mass is 333 g/mol. The number of amides is 1. The Kier molecular flexibility index (Phi) is 4.47. The number of carboxylic acid groups (broad SMARTS) is 1. The molecule has 5 N–H and O–H groups in total. The average molecular weight is 333 g/mol. The van der Waals surface area contributed by atoms with E-state index in [-0.39, 0.29) is 11.5 Å². The maximum atomic E-state index is 10.4. The van der Waals surface area contributed by atoms with Gasteiger partial charge in [-0.25, -0.2) is 4.79 Å². The third kappa shape index (κ3) is 2.86. The van der Waals surface area contributed by atoms with Crippen LogP contribution in [0.4, 0.5) is 4.79 Å². The number of aliphatic hydroxyl groups excluding tert-OH is 1. The van der Waals surface area contributed by atoms with Crippen LogP contribution in [0.25, 0.3) is 0 Å². The topological polar surface area (TPSA) is 104 Å². The van der Waals surface area contributed by atoms with Crippen LogP contribution in [0.2, 0.25) is 0 Å². The molecular formula is C19H27NO4. The third-order valence-corrected chi connectivity index (χ3v) is 6.66. The number of phenolic OH excluding ortho intramolecular Hbond substituents is 1. The minimum Gasteiger partial charge on any atom is -0.508 e. The number of benzene rings is 1. The predicted molar refractivity (Wildman–Crippen MR) is 90.9 cm³/mol. The number of aliphatic hydroxyl groups is 1. The zero-order valence-electron chi connectivity index (χ0n) is 14.1. The highest BCUT2D eigenvalue weighted by Gasteiger charge is 2.54. The lowest BCUT2D eigenvalue weighted by molar-refractivity contribution is -0.0226. The summed E-state index contributed by atoms with van der Waals surface area (Å²) >= 11 is 0. The summed E-state index contributed by atoms with van der Waals surface area (Å²) in [5.74, 6) is 2.49. The van der Waals surface area contributed by atoms with Gasteiger partial charge in [0, 0.05) is 0 Å². The van der Waals surface area contributed by atoms with Gasteiger partial charge in [0.1, 0.15) is 5.75 Å². The van der Waals surface area contributed by atoms with Crippen molar-refractivity contribution in [3.8, 4) is 5.75 Å². The number of hydrogen-bond acceptors (Lipinski definition) is 3. The van der Waals surface area contributed by atoms with Gasteiger partial charge in [0.2, 0.25) is 0 Å². The second-order valence-corrected chi connectivity index (χ2v) is 7.77. The third-order valence-electron chi connectivity index (χ3n) is 6.66. The summed E-state index contributed by atoms with van der Waals surface area (Å²) in [7, 11) is 0. The van der Waals surface area contributed by atoms with Crippen LogP contribution in [0.3, 0.4) is 0 Å². The summed E-state index contributed by atoms with van der Waals surface area (Å²) < 4.78 is 0. The zero-order chi connectivity index (χ0) is 17.5. The molecule has 5 atom stereocenters. The van der Waals surface area contributed by atoms with E-state index in [1.807, 2.05) is 12.1 Å². The highest BCUT2D eigenvalue weighted by Crippen LogP contribution is 2.60. The van der Waals surface area contributed by atoms with E-state index in [2.05, 4.69) is 18.7 Å². The number of carbonyl (C=O) groups is 1. The summed E-state index contributed by atoms with van der Waals surface area (Å²) in [6.45, 7) is 2.32. The predicted octanol–water partition coefficient (Wildman–Crippen LogP) is 3.23. The molecule has 1 unspecified atom stereocenters. The summed E-state index contributed by atoms with van der Waals surface area (Å²) in [6, 6.07) is 5.96. The van der Waals surface area contributed by atoms with Crippen molar-refractivity contribution in [1.82, 2.24) is 0 Å². The van der Waals surface area contributed by atoms with Crippen molar-refractivity contribution in [3.05, 3.63) is 29.3 Å². The standard InChI is InChI=1S/C18H24O2.CH3NO2/c1-18-9-8-14-13-5-3-12(19)10-11(13)2-4-15(14)16(18)6-7-17(18)20;2-1(3)4/h3,5,10,14-17,19-20H,2,4,6-9H2,1H3;2H2,(H,3,4)/t14-,15-,16+,17?,18+;/m1./s1. The second kappa shape index (κ2) is 6.28. The van der Waals surface area contributed by atoms with E-state index in [0.29, 0.717) is 17.6 Å². The van der Waals surface area contributed by atoms with Crippen LogP contribution in [-0.4, -0.2) is 27.5 Å². The summed E-state index contributed by atoms with van der Waals surface area (Å²) in [5, 5.41) is 27.2. The molecule has 0 spiro atoms. The number of rotatable bonds is 0. The van der Waals surface area contributed by atoms with Crippen LogP contribution in [0.5, 0.6) is 5.75 Å². The maximum absolute atomic E-state index is 10.4. The quantitative estimate of drug-likeness (QED) is 0.585. The molecule has 0 bridgehead atoms. The number of phenols is 1. The lowest BCUT2D eigenvalue weighted by atomic mass is 9.55. The van der Waals surface area contributed by atoms with Gasteiger partial charge in [-0.15, -0.1) is 0 Å². The van der Waals surface area contributed by atoms with Gasteiger partial charge >= 0.3 is 6.09 Å². The first-order valence-corrected chi connectivity index (χ1v) is 8.81. The molecule has 1 aromatic carbocycles. The van der Waals surface area contributed by atoms with Gasteiger partial charge in [-0.2, -0.15) is 0 Å². The molecule has 2 saturated carbocycles. The molecule has 0 aromatic heterocycles. The molecule has 5 heteroatoms. The normalized spacial score (nSPS) is 36.6. The molecule has 0 saturated heterocycles. The average Bonchev–Trinajstić information content (AvgIpc) is 2.82. The fourth-order valence-electron chi connectivity index (χ4n) is 5.54. The van der Waals surface area contributed by atoms with Gasteiger partial charge in [-0.3, -0.25) is 0 Å². The van der Waals surface area contributed by atoms with Crippen LogP contribution >= 0.6 is 0 Å². The van der Waals surface area contributed by atoms with Crippen molar-refractivity contribution in [1.29, 1.82) is 0 Å². The minimum absolute atomic E-state index is 0.0883. The molecule has 1 amide bonds. The minimum atomic E-state index is -1.33. The summed E-state index contributed by atoms with van der Waals surface area (Å²) in [4.78, 5) is 8.78. The zero-order valence-corrected chi connectivity index (χ0v) is 14.1. The van der Waals surface area contributed by atoms with Crippen LogP contribution in [0, 0.1) is 17.3 Å². The Bertz CT molecular complexity index is 628. The first-order valence-electron chi connectivity index (χ1n) is 8.81. The van der Waals surface area contributed by atoms with Crippen molar-refractivity contribution >= 4 is 6.09 Å². The van der Waals surface area contributed by atoms with Crippen molar-refractivity contribution in [2.24, 2.45) is 23.0 Å². The number of nitrogens with two attached hydrogens (primary N) is 1. The van der Waals surface area contributed by atoms with Crippen LogP contribution in [0.15, 0.2) is 18.2 Å². The Morgan fingerprint density at radius 1 is 1.25 bits per heavy atom. The number of hydrogen-bond donors (Lipinski definition) is 4. The highest BCUT2D eigenvalue weighted by atomic mass is 16.4. The Hall–Kier alpha value is -1.75. The Morgan fingerprint density at radius 2 is 1.96 bits per heavy atom. The molecular weight excluding hydrogens is 306 g/mol. The van der Waals surface area contributed by atoms with E-state index in [1.165, 1.54) is 30.4 Å². The number of fused-ring (bicyclic) bond motifs is 5. The van der Waals surface area contributed by atoms with E-state index in [0.717, 1.165) is 25.2 Å². The van der Waals surface area contributed by atoms with E-state index in [9.17, 15) is 10.2 Å². The number of aromatic hydroxyl groups is 1. The molecule has 4 rings (SSSR count). The van der Waals surface area contributed by atoms with E-state index < -0.39 is 6.09 Å². The Balaban J connectivity index is 0.000000383. The van der Waals surface area contributed by atoms with Crippen molar-refractivity contribution in [3.63, 3.8) is 0 Å². The highest BCUT2D eigenvalue weighted by molar-refractivity contribution is 5.61. The second-order valence-electron chi connectivity index (χ2n) is 7.77. The first kappa shape index (κ1) is 17.1. The van der Waals surface area contributed by atoms with Gasteiger partial charge in [0.05, 0.1) is 6.10 Å². The number of primary amides is 1. The molecule has 24 heavy (non-hydrogen) atoms. The fourth-order valence-corrected chi connectivity index (χ4v) is 5.54. The summed E-state index contributed by atoms with van der Waals surface area (Å²) in [6.07, 6.45) is 5.45. The van der Waals surface area contributed by atoms with E-state index >= 15 is 0 Å². The van der Waals surface area contributed by atoms with Gasteiger partial charge in [-0.1, -0.05) is 13.0 Å². The molecule has 0 aliphatic heterocycles. The van der Waals surface area contributed by atoms with Gasteiger partial charge in [0.25, 0.3) is 0 Å². The van der Waals surface area contributed by atoms with Crippen LogP contribution in [-0.2, 0) is 6.42 Å². The fraction of sp³-hybridized carbons (Fsp3) is 0.632.